The maximum atomic E-state index is 12.1. The molecule has 1 heterocycles. The zero-order chi connectivity index (χ0) is 17.8. The molecule has 0 aliphatic carbocycles. The lowest BCUT2D eigenvalue weighted by Gasteiger charge is -2.04. The van der Waals surface area contributed by atoms with E-state index in [1.54, 1.807) is 17.8 Å². The first-order chi connectivity index (χ1) is 12.0. The number of nitrogens with zero attached hydrogens (tertiary/aromatic N) is 3. The number of nitro benzene ring substituents is 1. The van der Waals surface area contributed by atoms with E-state index in [0.29, 0.717) is 11.5 Å². The van der Waals surface area contributed by atoms with Crippen molar-refractivity contribution < 1.29 is 9.72 Å². The third-order valence-corrected chi connectivity index (χ3v) is 3.53. The third kappa shape index (κ3) is 3.81. The third-order valence-electron chi connectivity index (χ3n) is 3.53. The Morgan fingerprint density at radius 1 is 1.08 bits per heavy atom. The monoisotopic (exact) mass is 337 g/mol. The van der Waals surface area contributed by atoms with Gasteiger partial charge in [0.2, 0.25) is 0 Å². The van der Waals surface area contributed by atoms with E-state index in [1.807, 2.05) is 30.3 Å². The fraction of sp³-hybridized carbons (Fsp3) is 0.0588. The lowest BCUT2D eigenvalue weighted by molar-refractivity contribution is -0.384. The molecule has 0 spiro atoms. The first kappa shape index (κ1) is 16.2. The van der Waals surface area contributed by atoms with Gasteiger partial charge >= 0.3 is 6.03 Å². The molecule has 0 unspecified atom stereocenters. The second kappa shape index (κ2) is 6.83. The lowest BCUT2D eigenvalue weighted by Crippen LogP contribution is -2.19. The minimum Gasteiger partial charge on any atom is -0.308 e. The van der Waals surface area contributed by atoms with Crippen molar-refractivity contribution in [3.8, 4) is 11.3 Å². The minimum absolute atomic E-state index is 0.0387. The molecule has 2 amide bonds. The van der Waals surface area contributed by atoms with Gasteiger partial charge in [0.25, 0.3) is 5.69 Å². The van der Waals surface area contributed by atoms with Crippen LogP contribution in [0.5, 0.6) is 0 Å². The summed E-state index contributed by atoms with van der Waals surface area (Å²) < 4.78 is 1.68. The fourth-order valence-electron chi connectivity index (χ4n) is 2.35. The SMILES string of the molecule is Cn1nc(NC(=O)Nc2ccc([N+](=O)[O-])cc2)cc1-c1ccccc1. The number of benzene rings is 2. The van der Waals surface area contributed by atoms with E-state index in [1.165, 1.54) is 24.3 Å². The Balaban J connectivity index is 1.68. The molecule has 0 atom stereocenters. The first-order valence-electron chi connectivity index (χ1n) is 7.45. The molecule has 3 rings (SSSR count). The number of rotatable bonds is 4. The van der Waals surface area contributed by atoms with E-state index in [0.717, 1.165) is 11.3 Å². The average molecular weight is 337 g/mol. The molecule has 1 aromatic heterocycles. The maximum Gasteiger partial charge on any atom is 0.324 e. The van der Waals surface area contributed by atoms with Crippen LogP contribution in [0.25, 0.3) is 11.3 Å². The number of amides is 2. The molecule has 0 fully saturated rings. The molecule has 8 nitrogen and oxygen atoms in total. The number of non-ortho nitro benzene ring substituents is 1. The molecule has 126 valence electrons. The topological polar surface area (TPSA) is 102 Å². The Morgan fingerprint density at radius 2 is 1.76 bits per heavy atom. The van der Waals surface area contributed by atoms with Crippen molar-refractivity contribution >= 4 is 23.2 Å². The predicted molar refractivity (Wildman–Crippen MR) is 94.4 cm³/mol. The van der Waals surface area contributed by atoms with Crippen molar-refractivity contribution in [1.29, 1.82) is 0 Å². The normalized spacial score (nSPS) is 10.3. The van der Waals surface area contributed by atoms with Crippen molar-refractivity contribution in [3.63, 3.8) is 0 Å². The Kier molecular flexibility index (Phi) is 4.42. The van der Waals surface area contributed by atoms with Gasteiger partial charge in [-0.15, -0.1) is 0 Å². The molecule has 2 aromatic carbocycles. The standard InChI is InChI=1S/C17H15N5O3/c1-21-15(12-5-3-2-4-6-12)11-16(20-21)19-17(23)18-13-7-9-14(10-8-13)22(24)25/h2-11H,1H3,(H2,18,19,20,23). The van der Waals surface area contributed by atoms with Crippen molar-refractivity contribution in [2.24, 2.45) is 7.05 Å². The lowest BCUT2D eigenvalue weighted by atomic mass is 10.1. The van der Waals surface area contributed by atoms with Crippen LogP contribution in [0.2, 0.25) is 0 Å². The highest BCUT2D eigenvalue weighted by Crippen LogP contribution is 2.22. The fourth-order valence-corrected chi connectivity index (χ4v) is 2.35. The minimum atomic E-state index is -0.497. The first-order valence-corrected chi connectivity index (χ1v) is 7.45. The molecule has 8 heteroatoms. The zero-order valence-electron chi connectivity index (χ0n) is 13.3. The van der Waals surface area contributed by atoms with Crippen LogP contribution >= 0.6 is 0 Å². The van der Waals surface area contributed by atoms with E-state index < -0.39 is 11.0 Å². The molecule has 3 aromatic rings. The van der Waals surface area contributed by atoms with Crippen LogP contribution < -0.4 is 10.6 Å². The molecule has 0 bridgehead atoms. The number of anilines is 2. The summed E-state index contributed by atoms with van der Waals surface area (Å²) >= 11 is 0. The van der Waals surface area contributed by atoms with E-state index in [-0.39, 0.29) is 5.69 Å². The van der Waals surface area contributed by atoms with Gasteiger partial charge in [0.15, 0.2) is 5.82 Å². The summed E-state index contributed by atoms with van der Waals surface area (Å²) in [7, 11) is 1.79. The second-order valence-corrected chi connectivity index (χ2v) is 5.29. The number of carbonyl (C=O) groups excluding carboxylic acids is 1. The maximum absolute atomic E-state index is 12.1. The molecule has 0 aliphatic rings. The summed E-state index contributed by atoms with van der Waals surface area (Å²) in [6.45, 7) is 0. The van der Waals surface area contributed by atoms with Gasteiger partial charge in [0, 0.05) is 30.9 Å². The van der Waals surface area contributed by atoms with E-state index in [4.69, 9.17) is 0 Å². The highest BCUT2D eigenvalue weighted by molar-refractivity contribution is 5.99. The van der Waals surface area contributed by atoms with Gasteiger partial charge in [-0.1, -0.05) is 30.3 Å². The highest BCUT2D eigenvalue weighted by Gasteiger charge is 2.11. The number of nitro groups is 1. The van der Waals surface area contributed by atoms with Gasteiger partial charge in [-0.3, -0.25) is 20.1 Å². The van der Waals surface area contributed by atoms with Gasteiger partial charge in [0.1, 0.15) is 0 Å². The van der Waals surface area contributed by atoms with Crippen molar-refractivity contribution in [3.05, 3.63) is 70.8 Å². The van der Waals surface area contributed by atoms with Crippen LogP contribution in [0.4, 0.5) is 22.0 Å². The van der Waals surface area contributed by atoms with Gasteiger partial charge in [0.05, 0.1) is 10.6 Å². The van der Waals surface area contributed by atoms with Crippen LogP contribution in [0.1, 0.15) is 0 Å². The number of carbonyl (C=O) groups is 1. The summed E-state index contributed by atoms with van der Waals surface area (Å²) in [5.74, 6) is 0.403. The summed E-state index contributed by atoms with van der Waals surface area (Å²) in [5, 5.41) is 20.1. The smallest absolute Gasteiger partial charge is 0.308 e. The summed E-state index contributed by atoms with van der Waals surface area (Å²) in [4.78, 5) is 22.2. The Hall–Kier alpha value is -3.68. The van der Waals surface area contributed by atoms with E-state index in [9.17, 15) is 14.9 Å². The molecule has 2 N–H and O–H groups in total. The van der Waals surface area contributed by atoms with Crippen molar-refractivity contribution in [2.75, 3.05) is 10.6 Å². The van der Waals surface area contributed by atoms with Gasteiger partial charge in [-0.05, 0) is 17.7 Å². The number of nitrogens with one attached hydrogen (secondary N) is 2. The van der Waals surface area contributed by atoms with E-state index >= 15 is 0 Å². The quantitative estimate of drug-likeness (QED) is 0.560. The molecular formula is C17H15N5O3. The molecule has 25 heavy (non-hydrogen) atoms. The Bertz CT molecular complexity index is 904. The second-order valence-electron chi connectivity index (χ2n) is 5.29. The highest BCUT2D eigenvalue weighted by atomic mass is 16.6. The Morgan fingerprint density at radius 3 is 2.40 bits per heavy atom. The average Bonchev–Trinajstić information content (AvgIpc) is 2.96. The van der Waals surface area contributed by atoms with Gasteiger partial charge in [-0.2, -0.15) is 5.10 Å². The summed E-state index contributed by atoms with van der Waals surface area (Å²) in [6, 6.07) is 16.6. The number of aryl methyl sites for hydroxylation is 1. The number of hydrogen-bond acceptors (Lipinski definition) is 4. The molecular weight excluding hydrogens is 322 g/mol. The molecule has 0 saturated carbocycles. The molecule has 0 aliphatic heterocycles. The number of urea groups is 1. The van der Waals surface area contributed by atoms with Crippen LogP contribution in [0.15, 0.2) is 60.7 Å². The molecule has 0 radical (unpaired) electrons. The number of hydrogen-bond donors (Lipinski definition) is 2. The van der Waals surface area contributed by atoms with Crippen LogP contribution in [0.3, 0.4) is 0 Å². The largest absolute Gasteiger partial charge is 0.324 e. The molecule has 0 saturated heterocycles. The summed E-state index contributed by atoms with van der Waals surface area (Å²) in [6.07, 6.45) is 0. The van der Waals surface area contributed by atoms with E-state index in [2.05, 4.69) is 15.7 Å². The number of aromatic nitrogens is 2. The summed E-state index contributed by atoms with van der Waals surface area (Å²) in [5.41, 5.74) is 2.26. The zero-order valence-corrected chi connectivity index (χ0v) is 13.3. The van der Waals surface area contributed by atoms with Gasteiger partial charge < -0.3 is 5.32 Å². The predicted octanol–water partition coefficient (Wildman–Crippen LogP) is 3.64. The van der Waals surface area contributed by atoms with Crippen molar-refractivity contribution in [2.45, 2.75) is 0 Å². The van der Waals surface area contributed by atoms with Crippen molar-refractivity contribution in [1.82, 2.24) is 9.78 Å². The van der Waals surface area contributed by atoms with Crippen LogP contribution in [-0.2, 0) is 7.05 Å². The van der Waals surface area contributed by atoms with Gasteiger partial charge in [-0.25, -0.2) is 4.79 Å². The van der Waals surface area contributed by atoms with Crippen LogP contribution in [0, 0.1) is 10.1 Å². The Labute approximate surface area is 143 Å². The van der Waals surface area contributed by atoms with Crippen LogP contribution in [-0.4, -0.2) is 20.7 Å².